The molecule has 246 valence electrons. The molecule has 2 aliphatic rings. The van der Waals surface area contributed by atoms with E-state index >= 15 is 0 Å². The molecule has 0 fully saturated rings. The zero-order chi connectivity index (χ0) is 32.0. The number of halogens is 2. The van der Waals surface area contributed by atoms with Crippen molar-refractivity contribution in [3.63, 3.8) is 0 Å². The summed E-state index contributed by atoms with van der Waals surface area (Å²) in [5.74, 6) is -1.83. The summed E-state index contributed by atoms with van der Waals surface area (Å²) in [6.07, 6.45) is -1.16. The SMILES string of the molecule is CC1=C(CCC(=O)O)c2cc3[nH]c(cc4nc(cc5[nH]c(cc1n2)c(C)c5C(C)O)C(C)=C4C(C)O)c(C)c3CCC(=O)O.Cl.Cl. The number of nitrogens with one attached hydrogen (secondary N) is 2. The molecule has 0 aromatic carbocycles. The number of nitrogens with zero attached hydrogens (tertiary/aromatic N) is 2. The molecule has 5 rings (SSSR count). The van der Waals surface area contributed by atoms with Crippen molar-refractivity contribution < 1.29 is 30.0 Å². The summed E-state index contributed by atoms with van der Waals surface area (Å²) in [5.41, 5.74) is 11.7. The number of allylic oxidation sites excluding steroid dienone is 3. The van der Waals surface area contributed by atoms with E-state index in [1.807, 2.05) is 52.0 Å². The largest absolute Gasteiger partial charge is 0.481 e. The Kier molecular flexibility index (Phi) is 11.3. The summed E-state index contributed by atoms with van der Waals surface area (Å²) in [6.45, 7) is 11.1. The van der Waals surface area contributed by atoms with Crippen molar-refractivity contribution in [2.75, 3.05) is 0 Å². The van der Waals surface area contributed by atoms with E-state index in [0.717, 1.165) is 50.0 Å². The Labute approximate surface area is 279 Å². The Morgan fingerprint density at radius 1 is 0.674 bits per heavy atom. The second-order valence-electron chi connectivity index (χ2n) is 11.7. The third-order valence-electron chi connectivity index (χ3n) is 8.65. The number of aliphatic carboxylic acids is 2. The van der Waals surface area contributed by atoms with Crippen LogP contribution in [0.4, 0.5) is 0 Å². The Hall–Kier alpha value is -3.96. The third kappa shape index (κ3) is 6.90. The number of aryl methyl sites for hydroxylation is 3. The molecule has 2 unspecified atom stereocenters. The molecule has 3 aromatic rings. The molecule has 0 saturated carbocycles. The number of rotatable bonds is 8. The van der Waals surface area contributed by atoms with Crippen LogP contribution in [0.1, 0.15) is 98.1 Å². The van der Waals surface area contributed by atoms with Crippen LogP contribution in [0.25, 0.3) is 44.4 Å². The second kappa shape index (κ2) is 14.2. The highest BCUT2D eigenvalue weighted by Gasteiger charge is 2.23. The number of carboxylic acid groups (broad SMARTS) is 2. The molecule has 8 bridgehead atoms. The highest BCUT2D eigenvalue weighted by Crippen LogP contribution is 2.37. The van der Waals surface area contributed by atoms with Crippen LogP contribution in [0.3, 0.4) is 0 Å². The molecular weight excluding hydrogens is 631 g/mol. The fourth-order valence-corrected chi connectivity index (χ4v) is 6.31. The van der Waals surface area contributed by atoms with Crippen LogP contribution in [-0.2, 0) is 16.0 Å². The average Bonchev–Trinajstić information content (AvgIpc) is 3.59. The van der Waals surface area contributed by atoms with Crippen molar-refractivity contribution >= 4 is 81.1 Å². The Morgan fingerprint density at radius 2 is 1.17 bits per heavy atom. The van der Waals surface area contributed by atoms with Crippen molar-refractivity contribution in [1.29, 1.82) is 0 Å². The molecule has 2 aliphatic heterocycles. The fraction of sp³-hybridized carbons (Fsp3) is 0.353. The van der Waals surface area contributed by atoms with Gasteiger partial charge < -0.3 is 30.4 Å². The van der Waals surface area contributed by atoms with E-state index in [1.165, 1.54) is 0 Å². The van der Waals surface area contributed by atoms with E-state index in [2.05, 4.69) is 9.97 Å². The minimum absolute atomic E-state index is 0. The van der Waals surface area contributed by atoms with E-state index in [1.54, 1.807) is 13.8 Å². The molecule has 0 radical (unpaired) electrons. The van der Waals surface area contributed by atoms with Gasteiger partial charge in [-0.1, -0.05) is 0 Å². The van der Waals surface area contributed by atoms with Crippen molar-refractivity contribution in [2.45, 2.75) is 79.4 Å². The zero-order valence-corrected chi connectivity index (χ0v) is 28.2. The van der Waals surface area contributed by atoms with E-state index in [-0.39, 0.29) is 50.5 Å². The van der Waals surface area contributed by atoms with Gasteiger partial charge in [0.15, 0.2) is 0 Å². The average molecular weight is 672 g/mol. The van der Waals surface area contributed by atoms with Gasteiger partial charge in [0.05, 0.1) is 35.0 Å². The van der Waals surface area contributed by atoms with Gasteiger partial charge in [0.1, 0.15) is 0 Å². The number of aliphatic hydroxyl groups excluding tert-OH is 2. The van der Waals surface area contributed by atoms with E-state index < -0.39 is 24.1 Å². The maximum absolute atomic E-state index is 11.6. The van der Waals surface area contributed by atoms with Crippen LogP contribution in [0, 0.1) is 13.8 Å². The lowest BCUT2D eigenvalue weighted by molar-refractivity contribution is -0.137. The van der Waals surface area contributed by atoms with Gasteiger partial charge in [-0.2, -0.15) is 0 Å². The summed E-state index contributed by atoms with van der Waals surface area (Å²) < 4.78 is 0. The summed E-state index contributed by atoms with van der Waals surface area (Å²) in [5, 5.41) is 40.5. The third-order valence-corrected chi connectivity index (χ3v) is 8.65. The predicted molar refractivity (Wildman–Crippen MR) is 185 cm³/mol. The molecule has 46 heavy (non-hydrogen) atoms. The van der Waals surface area contributed by atoms with E-state index in [4.69, 9.17) is 9.97 Å². The van der Waals surface area contributed by atoms with E-state index in [0.29, 0.717) is 39.4 Å². The Morgan fingerprint density at radius 3 is 1.78 bits per heavy atom. The lowest BCUT2D eigenvalue weighted by Crippen LogP contribution is -2.02. The van der Waals surface area contributed by atoms with Gasteiger partial charge >= 0.3 is 11.9 Å². The molecule has 12 heteroatoms. The van der Waals surface area contributed by atoms with Crippen molar-refractivity contribution in [3.05, 3.63) is 69.3 Å². The molecule has 0 spiro atoms. The number of aromatic amines is 2. The van der Waals surface area contributed by atoms with Gasteiger partial charge in [-0.3, -0.25) is 9.59 Å². The first kappa shape index (κ1) is 36.5. The normalized spacial score (nSPS) is 14.1. The molecule has 6 N–H and O–H groups in total. The highest BCUT2D eigenvalue weighted by molar-refractivity contribution is 5.96. The van der Waals surface area contributed by atoms with Crippen molar-refractivity contribution in [3.8, 4) is 0 Å². The Balaban J connectivity index is 0.00000288. The number of hydrogen-bond acceptors (Lipinski definition) is 6. The smallest absolute Gasteiger partial charge is 0.303 e. The van der Waals surface area contributed by atoms with E-state index in [9.17, 15) is 30.0 Å². The summed E-state index contributed by atoms with van der Waals surface area (Å²) in [4.78, 5) is 39.8. The molecule has 0 amide bonds. The topological polar surface area (TPSA) is 172 Å². The van der Waals surface area contributed by atoms with Crippen LogP contribution in [0.15, 0.2) is 24.3 Å². The van der Waals surface area contributed by atoms with Crippen molar-refractivity contribution in [1.82, 2.24) is 19.9 Å². The molecule has 0 aliphatic carbocycles. The number of carbonyl (C=O) groups is 2. The zero-order valence-electron chi connectivity index (χ0n) is 26.6. The molecule has 2 atom stereocenters. The van der Waals surface area contributed by atoms with Crippen LogP contribution < -0.4 is 0 Å². The number of hydrogen-bond donors (Lipinski definition) is 6. The second-order valence-corrected chi connectivity index (χ2v) is 11.7. The molecular formula is C34H40Cl2N4O6. The van der Waals surface area contributed by atoms with Crippen molar-refractivity contribution in [2.24, 2.45) is 0 Å². The lowest BCUT2D eigenvalue weighted by atomic mass is 9.99. The van der Waals surface area contributed by atoms with Gasteiger partial charge in [-0.15, -0.1) is 24.8 Å². The van der Waals surface area contributed by atoms with Gasteiger partial charge in [0, 0.05) is 46.0 Å². The number of fused-ring (bicyclic) bond motifs is 8. The highest BCUT2D eigenvalue weighted by atomic mass is 35.5. The number of carboxylic acids is 2. The van der Waals surface area contributed by atoms with Gasteiger partial charge in [0.25, 0.3) is 0 Å². The summed E-state index contributed by atoms with van der Waals surface area (Å²) >= 11 is 0. The lowest BCUT2D eigenvalue weighted by Gasteiger charge is -2.07. The monoisotopic (exact) mass is 670 g/mol. The summed E-state index contributed by atoms with van der Waals surface area (Å²) in [6, 6.07) is 7.51. The number of aromatic nitrogens is 4. The quantitative estimate of drug-likeness (QED) is 0.149. The standard InChI is InChI=1S/C34H38N4O6.2ClH/c1-15-21(7-9-31(41)42)27-14-28-22(8-10-32(43)44)16(2)24(36-28)12-29-34(20(6)40)18(4)26(38-29)13-30-33(19(5)39)17(3)25(37-30)11-23(15)35-27;;/h11-14,19-20,36-37,39-40H,7-10H2,1-6H3,(H,41,42)(H,43,44);2*1H. The predicted octanol–water partition coefficient (Wildman–Crippen LogP) is 6.95. The van der Waals surface area contributed by atoms with Crippen LogP contribution in [0.5, 0.6) is 0 Å². The molecule has 5 heterocycles. The van der Waals surface area contributed by atoms with Crippen LogP contribution in [0.2, 0.25) is 0 Å². The molecule has 0 saturated heterocycles. The van der Waals surface area contributed by atoms with Gasteiger partial charge in [-0.05, 0) is 112 Å². The number of H-pyrrole nitrogens is 2. The fourth-order valence-electron chi connectivity index (χ4n) is 6.31. The Bertz CT molecular complexity index is 1930. The number of aliphatic hydroxyl groups is 2. The minimum Gasteiger partial charge on any atom is -0.481 e. The first-order chi connectivity index (χ1) is 20.8. The summed E-state index contributed by atoms with van der Waals surface area (Å²) in [7, 11) is 0. The maximum Gasteiger partial charge on any atom is 0.303 e. The minimum atomic E-state index is -0.914. The van der Waals surface area contributed by atoms with Crippen LogP contribution in [-0.4, -0.2) is 58.4 Å². The van der Waals surface area contributed by atoms with Crippen LogP contribution >= 0.6 is 24.8 Å². The van der Waals surface area contributed by atoms with Gasteiger partial charge in [0.2, 0.25) is 0 Å². The molecule has 3 aromatic heterocycles. The van der Waals surface area contributed by atoms with Gasteiger partial charge in [-0.25, -0.2) is 9.97 Å². The maximum atomic E-state index is 11.6. The first-order valence-corrected chi connectivity index (χ1v) is 14.7. The molecule has 10 nitrogen and oxygen atoms in total. The first-order valence-electron chi connectivity index (χ1n) is 14.7.